The third kappa shape index (κ3) is 3.20. The molecule has 4 nitrogen and oxygen atoms in total. The topological polar surface area (TPSA) is 63.6 Å². The van der Waals surface area contributed by atoms with Crippen LogP contribution in [0, 0.1) is 0 Å². The molecule has 0 aliphatic carbocycles. The lowest BCUT2D eigenvalue weighted by Crippen LogP contribution is -2.16. The molecule has 0 aromatic heterocycles. The smallest absolute Gasteiger partial charge is 0.345 e. The van der Waals surface area contributed by atoms with Gasteiger partial charge < -0.3 is 9.84 Å². The van der Waals surface area contributed by atoms with E-state index in [4.69, 9.17) is 9.84 Å². The van der Waals surface area contributed by atoms with Gasteiger partial charge in [0.05, 0.1) is 0 Å². The largest absolute Gasteiger partial charge is 0.477 e. The molecule has 1 aromatic carbocycles. The lowest BCUT2D eigenvalue weighted by molar-refractivity contribution is -0.147. The normalized spacial score (nSPS) is 11.7. The summed E-state index contributed by atoms with van der Waals surface area (Å²) < 4.78 is 5.08. The van der Waals surface area contributed by atoms with Crippen LogP contribution >= 0.6 is 0 Å². The van der Waals surface area contributed by atoms with Crippen molar-refractivity contribution >= 4 is 11.9 Å². The monoisotopic (exact) mass is 248 g/mol. The average molecular weight is 248 g/mol. The molecule has 1 N–H and O–H groups in total. The molecule has 1 unspecified atom stereocenters. The van der Waals surface area contributed by atoms with Crippen molar-refractivity contribution in [2.24, 2.45) is 0 Å². The standard InChI is InChI=1S/C14H16O4/c1-4-11-7-5-6-8-12(11)10(3)18-14(17)9(2)13(15)16/h5-8,10H,2,4H2,1,3H3,(H,15,16). The Balaban J connectivity index is 2.82. The minimum Gasteiger partial charge on any atom is -0.477 e. The third-order valence-corrected chi connectivity index (χ3v) is 2.66. The zero-order valence-corrected chi connectivity index (χ0v) is 10.5. The molecular formula is C14H16O4. The fraction of sp³-hybridized carbons (Fsp3) is 0.286. The van der Waals surface area contributed by atoms with Crippen LogP contribution in [0.25, 0.3) is 0 Å². The summed E-state index contributed by atoms with van der Waals surface area (Å²) in [4.78, 5) is 22.0. The Bertz CT molecular complexity index is 476. The van der Waals surface area contributed by atoms with E-state index in [1.54, 1.807) is 6.92 Å². The summed E-state index contributed by atoms with van der Waals surface area (Å²) in [5.74, 6) is -2.27. The zero-order valence-electron chi connectivity index (χ0n) is 10.5. The summed E-state index contributed by atoms with van der Waals surface area (Å²) in [6.07, 6.45) is 0.322. The van der Waals surface area contributed by atoms with Crippen molar-refractivity contribution in [2.45, 2.75) is 26.4 Å². The highest BCUT2D eigenvalue weighted by molar-refractivity contribution is 6.12. The molecule has 96 valence electrons. The van der Waals surface area contributed by atoms with E-state index in [-0.39, 0.29) is 0 Å². The molecule has 1 rings (SSSR count). The predicted molar refractivity (Wildman–Crippen MR) is 67.1 cm³/mol. The maximum atomic E-state index is 11.5. The highest BCUT2D eigenvalue weighted by Crippen LogP contribution is 2.22. The lowest BCUT2D eigenvalue weighted by Gasteiger charge is -2.16. The first-order valence-corrected chi connectivity index (χ1v) is 5.68. The molecule has 0 saturated carbocycles. The number of carboxylic acids is 1. The Kier molecular flexibility index (Phi) is 4.66. The van der Waals surface area contributed by atoms with Gasteiger partial charge in [0, 0.05) is 0 Å². The summed E-state index contributed by atoms with van der Waals surface area (Å²) in [7, 11) is 0. The molecule has 1 aromatic rings. The zero-order chi connectivity index (χ0) is 13.7. The second-order valence-corrected chi connectivity index (χ2v) is 3.88. The Morgan fingerprint density at radius 3 is 2.56 bits per heavy atom. The number of rotatable bonds is 5. The van der Waals surface area contributed by atoms with Crippen LogP contribution in [0.4, 0.5) is 0 Å². The summed E-state index contributed by atoms with van der Waals surface area (Å²) in [6.45, 7) is 6.88. The Morgan fingerprint density at radius 1 is 1.39 bits per heavy atom. The SMILES string of the molecule is C=C(C(=O)O)C(=O)OC(C)c1ccccc1CC. The first-order valence-electron chi connectivity index (χ1n) is 5.68. The van der Waals surface area contributed by atoms with Gasteiger partial charge in [-0.3, -0.25) is 0 Å². The maximum absolute atomic E-state index is 11.5. The van der Waals surface area contributed by atoms with Gasteiger partial charge in [-0.25, -0.2) is 9.59 Å². The van der Waals surface area contributed by atoms with Crippen LogP contribution in [0.1, 0.15) is 31.1 Å². The first kappa shape index (κ1) is 14.0. The minimum atomic E-state index is -1.36. The first-order chi connectivity index (χ1) is 8.47. The van der Waals surface area contributed by atoms with Crippen LogP contribution < -0.4 is 0 Å². The second-order valence-electron chi connectivity index (χ2n) is 3.88. The summed E-state index contributed by atoms with van der Waals surface area (Å²) in [5, 5.41) is 8.64. The molecule has 0 spiro atoms. The van der Waals surface area contributed by atoms with Crippen LogP contribution in [0.15, 0.2) is 36.4 Å². The van der Waals surface area contributed by atoms with Crippen molar-refractivity contribution in [3.05, 3.63) is 47.5 Å². The summed E-state index contributed by atoms with van der Waals surface area (Å²) in [5.41, 5.74) is 1.39. The number of hydrogen-bond acceptors (Lipinski definition) is 3. The molecule has 0 saturated heterocycles. The molecule has 0 heterocycles. The molecule has 18 heavy (non-hydrogen) atoms. The molecule has 4 heteroatoms. The number of esters is 1. The number of benzene rings is 1. The highest BCUT2D eigenvalue weighted by Gasteiger charge is 2.20. The van der Waals surface area contributed by atoms with Gasteiger partial charge in [-0.1, -0.05) is 37.8 Å². The fourth-order valence-electron chi connectivity index (χ4n) is 1.64. The molecule has 0 radical (unpaired) electrons. The van der Waals surface area contributed by atoms with Crippen LogP contribution in [-0.4, -0.2) is 17.0 Å². The van der Waals surface area contributed by atoms with Crippen molar-refractivity contribution in [3.63, 3.8) is 0 Å². The maximum Gasteiger partial charge on any atom is 0.345 e. The van der Waals surface area contributed by atoms with Crippen molar-refractivity contribution in [2.75, 3.05) is 0 Å². The molecule has 0 aliphatic rings. The highest BCUT2D eigenvalue weighted by atomic mass is 16.5. The van der Waals surface area contributed by atoms with E-state index in [0.717, 1.165) is 17.5 Å². The van der Waals surface area contributed by atoms with Gasteiger partial charge in [0.1, 0.15) is 11.7 Å². The van der Waals surface area contributed by atoms with Crippen LogP contribution in [0.3, 0.4) is 0 Å². The van der Waals surface area contributed by atoms with E-state index in [0.29, 0.717) is 0 Å². The van der Waals surface area contributed by atoms with Crippen LogP contribution in [0.2, 0.25) is 0 Å². The molecule has 1 atom stereocenters. The third-order valence-electron chi connectivity index (χ3n) is 2.66. The minimum absolute atomic E-state index is 0.496. The molecule has 0 aliphatic heterocycles. The van der Waals surface area contributed by atoms with Gasteiger partial charge in [0.2, 0.25) is 0 Å². The van der Waals surface area contributed by atoms with Gasteiger partial charge >= 0.3 is 11.9 Å². The van der Waals surface area contributed by atoms with Gasteiger partial charge in [-0.2, -0.15) is 0 Å². The Morgan fingerprint density at radius 2 is 2.00 bits per heavy atom. The quantitative estimate of drug-likeness (QED) is 0.376. The Hall–Kier alpha value is -2.10. The number of carbonyl (C=O) groups is 2. The van der Waals surface area contributed by atoms with Crippen molar-refractivity contribution in [1.82, 2.24) is 0 Å². The summed E-state index contributed by atoms with van der Waals surface area (Å²) in [6, 6.07) is 7.57. The second kappa shape index (κ2) is 6.00. The predicted octanol–water partition coefficient (Wildman–Crippen LogP) is 2.49. The van der Waals surface area contributed by atoms with Gasteiger partial charge in [0.15, 0.2) is 0 Å². The van der Waals surface area contributed by atoms with Crippen molar-refractivity contribution in [3.8, 4) is 0 Å². The molecule has 0 fully saturated rings. The average Bonchev–Trinajstić information content (AvgIpc) is 2.37. The van der Waals surface area contributed by atoms with E-state index < -0.39 is 23.6 Å². The van der Waals surface area contributed by atoms with Crippen LogP contribution in [-0.2, 0) is 20.7 Å². The van der Waals surface area contributed by atoms with E-state index in [2.05, 4.69) is 6.58 Å². The van der Waals surface area contributed by atoms with Gasteiger partial charge in [-0.05, 0) is 24.5 Å². The summed E-state index contributed by atoms with van der Waals surface area (Å²) >= 11 is 0. The fourth-order valence-corrected chi connectivity index (χ4v) is 1.64. The van der Waals surface area contributed by atoms with Crippen LogP contribution in [0.5, 0.6) is 0 Å². The molecule has 0 bridgehead atoms. The number of aliphatic carboxylic acids is 1. The van der Waals surface area contributed by atoms with Crippen molar-refractivity contribution < 1.29 is 19.4 Å². The number of aryl methyl sites for hydroxylation is 1. The lowest BCUT2D eigenvalue weighted by atomic mass is 10.0. The number of carbonyl (C=O) groups excluding carboxylic acids is 1. The Labute approximate surface area is 106 Å². The van der Waals surface area contributed by atoms with E-state index in [1.807, 2.05) is 31.2 Å². The van der Waals surface area contributed by atoms with E-state index >= 15 is 0 Å². The number of hydrogen-bond donors (Lipinski definition) is 1. The number of carboxylic acid groups (broad SMARTS) is 1. The number of ether oxygens (including phenoxy) is 1. The van der Waals surface area contributed by atoms with Gasteiger partial charge in [0.25, 0.3) is 0 Å². The van der Waals surface area contributed by atoms with E-state index in [1.165, 1.54) is 0 Å². The van der Waals surface area contributed by atoms with Gasteiger partial charge in [-0.15, -0.1) is 0 Å². The van der Waals surface area contributed by atoms with Crippen molar-refractivity contribution in [1.29, 1.82) is 0 Å². The molecule has 0 amide bonds. The molecular weight excluding hydrogens is 232 g/mol. The van der Waals surface area contributed by atoms with E-state index in [9.17, 15) is 9.59 Å².